The van der Waals surface area contributed by atoms with Crippen molar-refractivity contribution in [2.24, 2.45) is 0 Å². The summed E-state index contributed by atoms with van der Waals surface area (Å²) in [6.45, 7) is 0.521. The van der Waals surface area contributed by atoms with E-state index in [9.17, 15) is 4.79 Å². The molecule has 5 nitrogen and oxygen atoms in total. The molecule has 1 saturated heterocycles. The predicted molar refractivity (Wildman–Crippen MR) is 100 cm³/mol. The molecule has 4 rings (SSSR count). The van der Waals surface area contributed by atoms with E-state index >= 15 is 0 Å². The molecule has 2 atom stereocenters. The number of halogens is 1. The number of rotatable bonds is 4. The Morgan fingerprint density at radius 1 is 1.19 bits per heavy atom. The van der Waals surface area contributed by atoms with Crippen LogP contribution in [0.25, 0.3) is 0 Å². The number of carbonyl (C=O) groups is 1. The van der Waals surface area contributed by atoms with Gasteiger partial charge in [0.1, 0.15) is 11.8 Å². The van der Waals surface area contributed by atoms with Crippen LogP contribution in [0.5, 0.6) is 5.75 Å². The number of ether oxygens (including phenoxy) is 1. The highest BCUT2D eigenvalue weighted by Gasteiger charge is 2.39. The lowest BCUT2D eigenvalue weighted by Gasteiger charge is -2.31. The van der Waals surface area contributed by atoms with Crippen LogP contribution in [-0.2, 0) is 11.3 Å². The number of benzene rings is 2. The van der Waals surface area contributed by atoms with E-state index in [4.69, 9.17) is 16.3 Å². The van der Waals surface area contributed by atoms with Gasteiger partial charge in [0, 0.05) is 17.4 Å². The Labute approximate surface area is 157 Å². The zero-order chi connectivity index (χ0) is 18.1. The Bertz CT molecular complexity index is 837. The first-order chi connectivity index (χ1) is 12.6. The fraction of sp³-hybridized carbons (Fsp3) is 0.250. The summed E-state index contributed by atoms with van der Waals surface area (Å²) in [6, 6.07) is 15.5. The Hall–Kier alpha value is -2.50. The summed E-state index contributed by atoms with van der Waals surface area (Å²) in [6.07, 6.45) is 4.48. The van der Waals surface area contributed by atoms with Crippen molar-refractivity contribution in [3.8, 4) is 5.75 Å². The molecular formula is C20H20ClN3O2. The molecule has 2 unspecified atom stereocenters. The third-order valence-electron chi connectivity index (χ3n) is 4.84. The zero-order valence-electron chi connectivity index (χ0n) is 14.4. The molecule has 1 amide bonds. The SMILES string of the molecule is COc1ccc(C2CC3C(=O)N(Cc4cccc(Cl)c4)C=CN3N2)cc1. The lowest BCUT2D eigenvalue weighted by Crippen LogP contribution is -2.47. The van der Waals surface area contributed by atoms with Gasteiger partial charge in [-0.3, -0.25) is 4.79 Å². The van der Waals surface area contributed by atoms with Gasteiger partial charge in [-0.2, -0.15) is 0 Å². The van der Waals surface area contributed by atoms with E-state index in [0.717, 1.165) is 23.3 Å². The Morgan fingerprint density at radius 3 is 2.73 bits per heavy atom. The summed E-state index contributed by atoms with van der Waals surface area (Å²) >= 11 is 6.05. The molecule has 0 aromatic heterocycles. The average molecular weight is 370 g/mol. The first-order valence-corrected chi connectivity index (χ1v) is 8.93. The molecule has 2 heterocycles. The van der Waals surface area contributed by atoms with E-state index < -0.39 is 0 Å². The molecule has 2 aliphatic rings. The maximum Gasteiger partial charge on any atom is 0.251 e. The number of nitrogens with zero attached hydrogens (tertiary/aromatic N) is 2. The van der Waals surface area contributed by atoms with Crippen molar-refractivity contribution < 1.29 is 9.53 Å². The van der Waals surface area contributed by atoms with Crippen LogP contribution in [0.1, 0.15) is 23.6 Å². The van der Waals surface area contributed by atoms with Crippen molar-refractivity contribution in [3.63, 3.8) is 0 Å². The second-order valence-corrected chi connectivity index (χ2v) is 6.94. The quantitative estimate of drug-likeness (QED) is 0.896. The second-order valence-electron chi connectivity index (χ2n) is 6.51. The molecule has 0 saturated carbocycles. The first kappa shape index (κ1) is 16.9. The summed E-state index contributed by atoms with van der Waals surface area (Å²) in [5.74, 6) is 0.920. The summed E-state index contributed by atoms with van der Waals surface area (Å²) in [7, 11) is 1.65. The van der Waals surface area contributed by atoms with Crippen LogP contribution in [0.15, 0.2) is 60.9 Å². The summed E-state index contributed by atoms with van der Waals surface area (Å²) in [5.41, 5.74) is 5.56. The number of hydrazine groups is 1. The normalized spacial score (nSPS) is 21.8. The Morgan fingerprint density at radius 2 is 2.00 bits per heavy atom. The molecular weight excluding hydrogens is 350 g/mol. The molecule has 0 bridgehead atoms. The van der Waals surface area contributed by atoms with Crippen LogP contribution in [0, 0.1) is 0 Å². The zero-order valence-corrected chi connectivity index (χ0v) is 15.2. The van der Waals surface area contributed by atoms with Crippen molar-refractivity contribution >= 4 is 17.5 Å². The summed E-state index contributed by atoms with van der Waals surface area (Å²) in [5, 5.41) is 2.59. The molecule has 0 spiro atoms. The van der Waals surface area contributed by atoms with Crippen molar-refractivity contribution in [2.45, 2.75) is 25.0 Å². The number of hydrogen-bond acceptors (Lipinski definition) is 4. The van der Waals surface area contributed by atoms with Crippen molar-refractivity contribution in [3.05, 3.63) is 77.1 Å². The van der Waals surface area contributed by atoms with Crippen LogP contribution in [-0.4, -0.2) is 29.0 Å². The minimum Gasteiger partial charge on any atom is -0.497 e. The largest absolute Gasteiger partial charge is 0.497 e. The number of nitrogens with one attached hydrogen (secondary N) is 1. The third kappa shape index (κ3) is 3.28. The fourth-order valence-electron chi connectivity index (χ4n) is 3.45. The molecule has 2 aromatic carbocycles. The Kier molecular flexibility index (Phi) is 4.57. The fourth-order valence-corrected chi connectivity index (χ4v) is 3.67. The van der Waals surface area contributed by atoms with Crippen LogP contribution in [0.3, 0.4) is 0 Å². The van der Waals surface area contributed by atoms with Gasteiger partial charge in [0.05, 0.1) is 19.7 Å². The van der Waals surface area contributed by atoms with Crippen LogP contribution < -0.4 is 10.2 Å². The van der Waals surface area contributed by atoms with Crippen LogP contribution in [0.4, 0.5) is 0 Å². The van der Waals surface area contributed by atoms with Crippen molar-refractivity contribution in [1.29, 1.82) is 0 Å². The highest BCUT2D eigenvalue weighted by atomic mass is 35.5. The lowest BCUT2D eigenvalue weighted by molar-refractivity contribution is -0.134. The van der Waals surface area contributed by atoms with Crippen molar-refractivity contribution in [2.75, 3.05) is 7.11 Å². The number of hydrogen-bond donors (Lipinski definition) is 1. The van der Waals surface area contributed by atoms with Gasteiger partial charge in [-0.25, -0.2) is 5.43 Å². The highest BCUT2D eigenvalue weighted by Crippen LogP contribution is 2.32. The maximum absolute atomic E-state index is 12.9. The molecule has 26 heavy (non-hydrogen) atoms. The van der Waals surface area contributed by atoms with Crippen LogP contribution >= 0.6 is 11.6 Å². The minimum atomic E-state index is -0.203. The molecule has 0 aliphatic carbocycles. The Balaban J connectivity index is 1.47. The van der Waals surface area contributed by atoms with Crippen LogP contribution in [0.2, 0.25) is 5.02 Å². The molecule has 2 aliphatic heterocycles. The van der Waals surface area contributed by atoms with Gasteiger partial charge in [-0.1, -0.05) is 35.9 Å². The smallest absolute Gasteiger partial charge is 0.251 e. The van der Waals surface area contributed by atoms with E-state index in [2.05, 4.69) is 5.43 Å². The topological polar surface area (TPSA) is 44.8 Å². The van der Waals surface area contributed by atoms with Gasteiger partial charge in [-0.15, -0.1) is 0 Å². The molecule has 134 valence electrons. The average Bonchev–Trinajstić information content (AvgIpc) is 3.09. The molecule has 0 radical (unpaired) electrons. The maximum atomic E-state index is 12.9. The third-order valence-corrected chi connectivity index (χ3v) is 5.07. The van der Waals surface area contributed by atoms with Crippen molar-refractivity contribution in [1.82, 2.24) is 15.3 Å². The molecule has 6 heteroatoms. The van der Waals surface area contributed by atoms with Gasteiger partial charge in [0.15, 0.2) is 0 Å². The monoisotopic (exact) mass is 369 g/mol. The highest BCUT2D eigenvalue weighted by molar-refractivity contribution is 6.30. The van der Waals surface area contributed by atoms with E-state index in [1.165, 1.54) is 0 Å². The number of methoxy groups -OCH3 is 1. The van der Waals surface area contributed by atoms with Gasteiger partial charge >= 0.3 is 0 Å². The van der Waals surface area contributed by atoms with E-state index in [0.29, 0.717) is 11.6 Å². The number of carbonyl (C=O) groups excluding carboxylic acids is 1. The predicted octanol–water partition coefficient (Wildman–Crippen LogP) is 3.48. The van der Waals surface area contributed by atoms with E-state index in [1.54, 1.807) is 12.0 Å². The van der Waals surface area contributed by atoms with E-state index in [1.807, 2.05) is 65.9 Å². The molecule has 2 aromatic rings. The summed E-state index contributed by atoms with van der Waals surface area (Å²) < 4.78 is 5.21. The number of fused-ring (bicyclic) bond motifs is 1. The lowest BCUT2D eigenvalue weighted by atomic mass is 10.0. The minimum absolute atomic E-state index is 0.0935. The summed E-state index contributed by atoms with van der Waals surface area (Å²) in [4.78, 5) is 14.7. The van der Waals surface area contributed by atoms with Gasteiger partial charge < -0.3 is 14.6 Å². The van der Waals surface area contributed by atoms with Gasteiger partial charge in [0.25, 0.3) is 5.91 Å². The standard InChI is InChI=1S/C20H20ClN3O2/c1-26-17-7-5-15(6-8-17)18-12-19-20(25)23(9-10-24(19)22-18)13-14-3-2-4-16(21)11-14/h2-11,18-19,22H,12-13H2,1H3. The van der Waals surface area contributed by atoms with Gasteiger partial charge in [0.2, 0.25) is 0 Å². The first-order valence-electron chi connectivity index (χ1n) is 8.56. The molecule has 1 N–H and O–H groups in total. The number of amides is 1. The van der Waals surface area contributed by atoms with Gasteiger partial charge in [-0.05, 0) is 41.8 Å². The molecule has 1 fully saturated rings. The second kappa shape index (κ2) is 7.02. The van der Waals surface area contributed by atoms with E-state index in [-0.39, 0.29) is 18.0 Å².